The van der Waals surface area contributed by atoms with Crippen molar-refractivity contribution in [3.05, 3.63) is 0 Å². The Morgan fingerprint density at radius 1 is 1.31 bits per heavy atom. The third-order valence-corrected chi connectivity index (χ3v) is 3.53. The van der Waals surface area contributed by atoms with Crippen molar-refractivity contribution in [1.29, 1.82) is 0 Å². The maximum atomic E-state index is 10.7. The highest BCUT2D eigenvalue weighted by Crippen LogP contribution is 2.20. The molecule has 5 heteroatoms. The second-order valence-corrected chi connectivity index (χ2v) is 6.34. The molecule has 78 valence electrons. The molecule has 0 aromatic rings. The quantitative estimate of drug-likeness (QED) is 0.689. The van der Waals surface area contributed by atoms with Crippen LogP contribution in [0.5, 0.6) is 0 Å². The van der Waals surface area contributed by atoms with E-state index in [0.29, 0.717) is 12.3 Å². The van der Waals surface area contributed by atoms with Crippen molar-refractivity contribution in [2.45, 2.75) is 25.7 Å². The zero-order valence-electron chi connectivity index (χ0n) is 7.54. The minimum Gasteiger partial charge on any atom is -0.381 e. The maximum absolute atomic E-state index is 10.7. The van der Waals surface area contributed by atoms with E-state index in [4.69, 9.17) is 15.4 Å². The van der Waals surface area contributed by atoms with Gasteiger partial charge in [-0.3, -0.25) is 0 Å². The first-order valence-corrected chi connectivity index (χ1v) is 7.06. The molecule has 0 saturated carbocycles. The molecule has 0 bridgehead atoms. The monoisotopic (exact) mass is 226 g/mol. The second kappa shape index (κ2) is 5.17. The predicted octanol–water partition coefficient (Wildman–Crippen LogP) is 1.76. The van der Waals surface area contributed by atoms with Gasteiger partial charge in [0, 0.05) is 23.9 Å². The van der Waals surface area contributed by atoms with Crippen LogP contribution >= 0.6 is 10.7 Å². The van der Waals surface area contributed by atoms with E-state index in [2.05, 4.69) is 0 Å². The summed E-state index contributed by atoms with van der Waals surface area (Å²) in [4.78, 5) is 0. The van der Waals surface area contributed by atoms with Crippen LogP contribution in [0.3, 0.4) is 0 Å². The van der Waals surface area contributed by atoms with Crippen LogP contribution in [0.2, 0.25) is 0 Å². The molecule has 0 N–H and O–H groups in total. The van der Waals surface area contributed by atoms with E-state index >= 15 is 0 Å². The molecule has 0 aliphatic carbocycles. The molecule has 0 aromatic heterocycles. The van der Waals surface area contributed by atoms with Gasteiger partial charge in [0.2, 0.25) is 9.05 Å². The van der Waals surface area contributed by atoms with Gasteiger partial charge in [0.05, 0.1) is 5.75 Å². The lowest BCUT2D eigenvalue weighted by molar-refractivity contribution is 0.141. The van der Waals surface area contributed by atoms with Crippen molar-refractivity contribution in [3.8, 4) is 0 Å². The highest BCUT2D eigenvalue weighted by Gasteiger charge is 2.15. The third-order valence-electron chi connectivity index (χ3n) is 2.34. The van der Waals surface area contributed by atoms with Crippen LogP contribution in [0.15, 0.2) is 0 Å². The SMILES string of the molecule is O=S(=O)(Cl)CCC1CCCOCC1. The van der Waals surface area contributed by atoms with E-state index in [1.165, 1.54) is 0 Å². The van der Waals surface area contributed by atoms with Crippen molar-refractivity contribution < 1.29 is 13.2 Å². The zero-order chi connectivity index (χ0) is 9.73. The Morgan fingerprint density at radius 3 is 2.77 bits per heavy atom. The normalized spacial score (nSPS) is 25.5. The maximum Gasteiger partial charge on any atom is 0.232 e. The van der Waals surface area contributed by atoms with Crippen molar-refractivity contribution in [3.63, 3.8) is 0 Å². The fourth-order valence-electron chi connectivity index (χ4n) is 1.57. The Hall–Kier alpha value is 0.200. The van der Waals surface area contributed by atoms with E-state index in [0.717, 1.165) is 32.5 Å². The van der Waals surface area contributed by atoms with E-state index < -0.39 is 9.05 Å². The standard InChI is InChI=1S/C8H15ClO3S/c9-13(10,11)7-4-8-2-1-5-12-6-3-8/h8H,1-7H2. The number of rotatable bonds is 3. The highest BCUT2D eigenvalue weighted by molar-refractivity contribution is 8.13. The molecule has 1 aliphatic heterocycles. The fraction of sp³-hybridized carbons (Fsp3) is 1.00. The molecule has 0 radical (unpaired) electrons. The van der Waals surface area contributed by atoms with Crippen LogP contribution in [-0.2, 0) is 13.8 Å². The molecule has 1 saturated heterocycles. The van der Waals surface area contributed by atoms with Gasteiger partial charge in [0.25, 0.3) is 0 Å². The molecule has 0 amide bonds. The van der Waals surface area contributed by atoms with Gasteiger partial charge in [-0.15, -0.1) is 0 Å². The van der Waals surface area contributed by atoms with E-state index in [1.807, 2.05) is 0 Å². The number of hydrogen-bond acceptors (Lipinski definition) is 3. The first-order chi connectivity index (χ1) is 6.08. The van der Waals surface area contributed by atoms with Gasteiger partial charge in [-0.2, -0.15) is 0 Å². The first kappa shape index (κ1) is 11.3. The molecule has 1 atom stereocenters. The summed E-state index contributed by atoms with van der Waals surface area (Å²) >= 11 is 0. The van der Waals surface area contributed by atoms with Gasteiger partial charge in [0.15, 0.2) is 0 Å². The van der Waals surface area contributed by atoms with Gasteiger partial charge in [-0.25, -0.2) is 8.42 Å². The molecule has 3 nitrogen and oxygen atoms in total. The van der Waals surface area contributed by atoms with Crippen LogP contribution in [0.25, 0.3) is 0 Å². The Labute approximate surface area is 83.8 Å². The van der Waals surface area contributed by atoms with Gasteiger partial charge in [-0.1, -0.05) is 0 Å². The van der Waals surface area contributed by atoms with Crippen molar-refractivity contribution in [2.24, 2.45) is 5.92 Å². The average Bonchev–Trinajstić information content (AvgIpc) is 2.26. The minimum absolute atomic E-state index is 0.0965. The van der Waals surface area contributed by atoms with E-state index in [-0.39, 0.29) is 5.75 Å². The van der Waals surface area contributed by atoms with Crippen molar-refractivity contribution in [1.82, 2.24) is 0 Å². The predicted molar refractivity (Wildman–Crippen MR) is 52.4 cm³/mol. The summed E-state index contributed by atoms with van der Waals surface area (Å²) in [5.41, 5.74) is 0. The molecule has 1 aliphatic rings. The lowest BCUT2D eigenvalue weighted by Crippen LogP contribution is -2.07. The number of ether oxygens (including phenoxy) is 1. The van der Waals surface area contributed by atoms with E-state index in [1.54, 1.807) is 0 Å². The zero-order valence-corrected chi connectivity index (χ0v) is 9.11. The fourth-order valence-corrected chi connectivity index (χ4v) is 2.45. The van der Waals surface area contributed by atoms with Crippen LogP contribution in [0, 0.1) is 5.92 Å². The summed E-state index contributed by atoms with van der Waals surface area (Å²) < 4.78 is 26.7. The molecule has 1 rings (SSSR count). The first-order valence-electron chi connectivity index (χ1n) is 4.58. The Balaban J connectivity index is 2.27. The van der Waals surface area contributed by atoms with Gasteiger partial charge in [-0.05, 0) is 31.6 Å². The summed E-state index contributed by atoms with van der Waals surface area (Å²) in [6.45, 7) is 1.57. The van der Waals surface area contributed by atoms with Gasteiger partial charge >= 0.3 is 0 Å². The smallest absolute Gasteiger partial charge is 0.232 e. The Kier molecular flexibility index (Phi) is 4.49. The number of halogens is 1. The van der Waals surface area contributed by atoms with Crippen LogP contribution in [-0.4, -0.2) is 27.4 Å². The largest absolute Gasteiger partial charge is 0.381 e. The summed E-state index contributed by atoms with van der Waals surface area (Å²) in [5, 5.41) is 0. The topological polar surface area (TPSA) is 43.4 Å². The van der Waals surface area contributed by atoms with Crippen LogP contribution in [0.1, 0.15) is 25.7 Å². The lowest BCUT2D eigenvalue weighted by atomic mass is 9.98. The summed E-state index contributed by atoms with van der Waals surface area (Å²) in [5.74, 6) is 0.565. The average molecular weight is 227 g/mol. The minimum atomic E-state index is -3.30. The molecule has 13 heavy (non-hydrogen) atoms. The highest BCUT2D eigenvalue weighted by atomic mass is 35.7. The third kappa shape index (κ3) is 5.49. The molecule has 0 aromatic carbocycles. The molecular formula is C8H15ClO3S. The summed E-state index contributed by atoms with van der Waals surface area (Å²) in [7, 11) is 1.83. The Bertz CT molecular complexity index is 230. The summed E-state index contributed by atoms with van der Waals surface area (Å²) in [6, 6.07) is 0. The van der Waals surface area contributed by atoms with Gasteiger partial charge < -0.3 is 4.74 Å². The molecule has 1 heterocycles. The lowest BCUT2D eigenvalue weighted by Gasteiger charge is -2.10. The van der Waals surface area contributed by atoms with Crippen LogP contribution in [0.4, 0.5) is 0 Å². The van der Waals surface area contributed by atoms with Crippen molar-refractivity contribution in [2.75, 3.05) is 19.0 Å². The van der Waals surface area contributed by atoms with Gasteiger partial charge in [0.1, 0.15) is 0 Å². The summed E-state index contributed by atoms with van der Waals surface area (Å²) in [6.07, 6.45) is 3.74. The second-order valence-electron chi connectivity index (χ2n) is 3.44. The number of hydrogen-bond donors (Lipinski definition) is 0. The molecule has 0 spiro atoms. The molecule has 1 unspecified atom stereocenters. The van der Waals surface area contributed by atoms with Crippen molar-refractivity contribution >= 4 is 19.7 Å². The molecular weight excluding hydrogens is 212 g/mol. The Morgan fingerprint density at radius 2 is 2.08 bits per heavy atom. The van der Waals surface area contributed by atoms with Crippen LogP contribution < -0.4 is 0 Å². The molecule has 1 fully saturated rings. The van der Waals surface area contributed by atoms with E-state index in [9.17, 15) is 8.42 Å².